The highest BCUT2D eigenvalue weighted by atomic mass is 35.5. The Balaban J connectivity index is 2.29. The Labute approximate surface area is 136 Å². The largest absolute Gasteiger partial charge is 0.353 e. The Morgan fingerprint density at radius 2 is 1.86 bits per heavy atom. The topological polar surface area (TPSA) is 16.1 Å². The summed E-state index contributed by atoms with van der Waals surface area (Å²) in [7, 11) is 2.05. The lowest BCUT2D eigenvalue weighted by Crippen LogP contribution is -2.23. The van der Waals surface area contributed by atoms with Crippen molar-refractivity contribution in [3.05, 3.63) is 58.2 Å². The number of alkyl halides is 1. The molecule has 1 atom stereocenters. The predicted molar refractivity (Wildman–Crippen MR) is 91.4 cm³/mol. The molecule has 0 amide bonds. The lowest BCUT2D eigenvalue weighted by molar-refractivity contribution is 0.725. The van der Waals surface area contributed by atoms with E-state index in [1.165, 1.54) is 5.56 Å². The molecule has 1 aromatic carbocycles. The monoisotopic (exact) mass is 322 g/mol. The van der Waals surface area contributed by atoms with Gasteiger partial charge in [0, 0.05) is 23.6 Å². The van der Waals surface area contributed by atoms with Crippen molar-refractivity contribution in [1.29, 1.82) is 0 Å². The summed E-state index contributed by atoms with van der Waals surface area (Å²) in [6.07, 6.45) is 0.904. The highest BCUT2D eigenvalue weighted by Crippen LogP contribution is 2.26. The Kier molecular flexibility index (Phi) is 5.49. The van der Waals surface area contributed by atoms with Gasteiger partial charge in [0.05, 0.1) is 6.04 Å². The van der Waals surface area contributed by atoms with E-state index in [0.717, 1.165) is 28.5 Å². The molecule has 1 heterocycles. The zero-order valence-electron chi connectivity index (χ0n) is 12.6. The minimum Gasteiger partial charge on any atom is -0.353 e. The molecule has 0 N–H and O–H groups in total. The van der Waals surface area contributed by atoms with Gasteiger partial charge in [-0.1, -0.05) is 30.7 Å². The maximum atomic E-state index is 5.99. The van der Waals surface area contributed by atoms with Crippen LogP contribution in [0.15, 0.2) is 36.4 Å². The maximum absolute atomic E-state index is 5.99. The number of aromatic nitrogens is 1. The average Bonchev–Trinajstić information content (AvgIpc) is 2.53. The lowest BCUT2D eigenvalue weighted by Gasteiger charge is -2.27. The summed E-state index contributed by atoms with van der Waals surface area (Å²) < 4.78 is 0. The molecule has 2 aromatic rings. The van der Waals surface area contributed by atoms with Crippen LogP contribution in [0.4, 0.5) is 5.82 Å². The molecule has 2 nitrogen and oxygen atoms in total. The minimum absolute atomic E-state index is 0.213. The van der Waals surface area contributed by atoms with Crippen LogP contribution in [0, 0.1) is 0 Å². The number of benzene rings is 1. The summed E-state index contributed by atoms with van der Waals surface area (Å²) in [5.41, 5.74) is 3.38. The first-order chi connectivity index (χ1) is 10.0. The van der Waals surface area contributed by atoms with Crippen molar-refractivity contribution in [2.45, 2.75) is 32.2 Å². The second-order valence-corrected chi connectivity index (χ2v) is 5.85. The van der Waals surface area contributed by atoms with Gasteiger partial charge in [-0.05, 0) is 48.7 Å². The molecule has 0 aliphatic rings. The molecule has 112 valence electrons. The smallest absolute Gasteiger partial charge is 0.129 e. The molecular weight excluding hydrogens is 303 g/mol. The molecule has 0 saturated carbocycles. The fraction of sp³-hybridized carbons (Fsp3) is 0.353. The fourth-order valence-corrected chi connectivity index (χ4v) is 2.52. The van der Waals surface area contributed by atoms with Gasteiger partial charge in [0.15, 0.2) is 0 Å². The molecule has 0 aliphatic carbocycles. The number of anilines is 1. The molecule has 21 heavy (non-hydrogen) atoms. The first kappa shape index (κ1) is 16.1. The van der Waals surface area contributed by atoms with Gasteiger partial charge in [-0.15, -0.1) is 11.6 Å². The van der Waals surface area contributed by atoms with Gasteiger partial charge in [0.2, 0.25) is 0 Å². The van der Waals surface area contributed by atoms with Crippen molar-refractivity contribution >= 4 is 29.0 Å². The molecule has 0 fully saturated rings. The summed E-state index contributed by atoms with van der Waals surface area (Å²) in [6, 6.07) is 12.3. The first-order valence-electron chi connectivity index (χ1n) is 7.09. The lowest BCUT2D eigenvalue weighted by atomic mass is 10.1. The number of halogens is 2. The van der Waals surface area contributed by atoms with Gasteiger partial charge >= 0.3 is 0 Å². The third-order valence-electron chi connectivity index (χ3n) is 3.74. The van der Waals surface area contributed by atoms with Crippen molar-refractivity contribution in [2.75, 3.05) is 11.9 Å². The van der Waals surface area contributed by atoms with Gasteiger partial charge < -0.3 is 4.90 Å². The van der Waals surface area contributed by atoms with E-state index in [2.05, 4.69) is 50.1 Å². The van der Waals surface area contributed by atoms with E-state index in [0.29, 0.717) is 5.88 Å². The molecule has 0 bridgehead atoms. The zero-order valence-corrected chi connectivity index (χ0v) is 14.1. The summed E-state index contributed by atoms with van der Waals surface area (Å²) in [4.78, 5) is 6.87. The van der Waals surface area contributed by atoms with Crippen molar-refractivity contribution in [1.82, 2.24) is 4.98 Å². The molecule has 0 aliphatic heterocycles. The molecule has 1 aromatic heterocycles. The molecule has 0 saturated heterocycles. The summed E-state index contributed by atoms with van der Waals surface area (Å²) in [5.74, 6) is 1.46. The van der Waals surface area contributed by atoms with Crippen LogP contribution < -0.4 is 4.90 Å². The molecule has 2 rings (SSSR count). The molecule has 0 radical (unpaired) electrons. The minimum atomic E-state index is 0.213. The van der Waals surface area contributed by atoms with Gasteiger partial charge in [-0.3, -0.25) is 0 Å². The number of aryl methyl sites for hydroxylation is 1. The fourth-order valence-electron chi connectivity index (χ4n) is 2.24. The number of nitrogens with zero attached hydrogens (tertiary/aromatic N) is 2. The molecule has 1 unspecified atom stereocenters. The van der Waals surface area contributed by atoms with Crippen LogP contribution in [0.25, 0.3) is 0 Å². The highest BCUT2D eigenvalue weighted by molar-refractivity contribution is 6.30. The second-order valence-electron chi connectivity index (χ2n) is 5.15. The van der Waals surface area contributed by atoms with Gasteiger partial charge in [-0.25, -0.2) is 4.98 Å². The Bertz CT molecular complexity index is 574. The van der Waals surface area contributed by atoms with Crippen molar-refractivity contribution in [3.8, 4) is 0 Å². The van der Waals surface area contributed by atoms with Crippen LogP contribution in [0.2, 0.25) is 5.02 Å². The van der Waals surface area contributed by atoms with Crippen molar-refractivity contribution < 1.29 is 0 Å². The van der Waals surface area contributed by atoms with Gasteiger partial charge in [-0.2, -0.15) is 0 Å². The average molecular weight is 323 g/mol. The van der Waals surface area contributed by atoms with Crippen LogP contribution in [-0.4, -0.2) is 12.0 Å². The normalized spacial score (nSPS) is 12.2. The van der Waals surface area contributed by atoms with Crippen molar-refractivity contribution in [3.63, 3.8) is 0 Å². The van der Waals surface area contributed by atoms with E-state index in [1.54, 1.807) is 0 Å². The number of pyridine rings is 1. The Morgan fingerprint density at radius 1 is 1.19 bits per heavy atom. The number of hydrogen-bond donors (Lipinski definition) is 0. The molecular formula is C17H20Cl2N2. The first-order valence-corrected chi connectivity index (χ1v) is 8.00. The van der Waals surface area contributed by atoms with Crippen LogP contribution in [0.1, 0.15) is 36.7 Å². The summed E-state index contributed by atoms with van der Waals surface area (Å²) in [5, 5.41) is 0.754. The highest BCUT2D eigenvalue weighted by Gasteiger charge is 2.14. The quantitative estimate of drug-likeness (QED) is 0.700. The standard InChI is InChI=1S/C17H20Cl2N2/c1-4-16-9-13(11-18)10-17(20-16)21(3)12(2)14-5-7-15(19)8-6-14/h5-10,12H,4,11H2,1-3H3. The predicted octanol–water partition coefficient (Wildman–Crippen LogP) is 5.23. The van der Waals surface area contributed by atoms with E-state index < -0.39 is 0 Å². The zero-order chi connectivity index (χ0) is 15.4. The van der Waals surface area contributed by atoms with E-state index >= 15 is 0 Å². The Hall–Kier alpha value is -1.25. The van der Waals surface area contributed by atoms with E-state index in [1.807, 2.05) is 12.1 Å². The molecule has 0 spiro atoms. The second kappa shape index (κ2) is 7.15. The van der Waals surface area contributed by atoms with E-state index in [-0.39, 0.29) is 6.04 Å². The van der Waals surface area contributed by atoms with E-state index in [9.17, 15) is 0 Å². The SMILES string of the molecule is CCc1cc(CCl)cc(N(C)C(C)c2ccc(Cl)cc2)n1. The van der Waals surface area contributed by atoms with Crippen molar-refractivity contribution in [2.24, 2.45) is 0 Å². The summed E-state index contributed by atoms with van der Waals surface area (Å²) in [6.45, 7) is 4.26. The maximum Gasteiger partial charge on any atom is 0.129 e. The summed E-state index contributed by atoms with van der Waals surface area (Å²) >= 11 is 11.9. The van der Waals surface area contributed by atoms with Crippen LogP contribution in [-0.2, 0) is 12.3 Å². The van der Waals surface area contributed by atoms with E-state index in [4.69, 9.17) is 28.2 Å². The van der Waals surface area contributed by atoms with Crippen LogP contribution >= 0.6 is 23.2 Å². The Morgan fingerprint density at radius 3 is 2.43 bits per heavy atom. The number of hydrogen-bond acceptors (Lipinski definition) is 2. The third kappa shape index (κ3) is 3.90. The number of rotatable bonds is 5. The van der Waals surface area contributed by atoms with Gasteiger partial charge in [0.1, 0.15) is 5.82 Å². The third-order valence-corrected chi connectivity index (χ3v) is 4.30. The van der Waals surface area contributed by atoms with Crippen LogP contribution in [0.5, 0.6) is 0 Å². The van der Waals surface area contributed by atoms with Crippen LogP contribution in [0.3, 0.4) is 0 Å². The van der Waals surface area contributed by atoms with Gasteiger partial charge in [0.25, 0.3) is 0 Å². The molecule has 4 heteroatoms.